The number of carbonyl (C=O) groups is 1. The first-order chi connectivity index (χ1) is 8.95. The van der Waals surface area contributed by atoms with Crippen LogP contribution in [0.1, 0.15) is 6.42 Å². The molecule has 1 unspecified atom stereocenters. The Morgan fingerprint density at radius 2 is 2.32 bits per heavy atom. The standard InChI is InChI=1S/C11H14ClN3O4/c1-14-9(11(13)16)4-5-19-10-6-7(15(17)18)2-3-8(10)12/h2-3,6,9,14H,4-5H2,1H3,(H2,13,16). The lowest BCUT2D eigenvalue weighted by Gasteiger charge is -2.13. The summed E-state index contributed by atoms with van der Waals surface area (Å²) < 4.78 is 5.33. The van der Waals surface area contributed by atoms with Gasteiger partial charge in [0.25, 0.3) is 5.69 Å². The maximum Gasteiger partial charge on any atom is 0.273 e. The van der Waals surface area contributed by atoms with Crippen LogP contribution in [0, 0.1) is 10.1 Å². The normalized spacial score (nSPS) is 11.9. The van der Waals surface area contributed by atoms with E-state index in [-0.39, 0.29) is 23.1 Å². The molecule has 0 radical (unpaired) electrons. The number of nitro benzene ring substituents is 1. The molecule has 1 aromatic carbocycles. The summed E-state index contributed by atoms with van der Waals surface area (Å²) in [6, 6.07) is 3.40. The Balaban J connectivity index is 2.64. The molecule has 7 nitrogen and oxygen atoms in total. The highest BCUT2D eigenvalue weighted by Crippen LogP contribution is 2.28. The van der Waals surface area contributed by atoms with E-state index in [9.17, 15) is 14.9 Å². The van der Waals surface area contributed by atoms with E-state index in [4.69, 9.17) is 22.1 Å². The molecule has 3 N–H and O–H groups in total. The molecular weight excluding hydrogens is 274 g/mol. The summed E-state index contributed by atoms with van der Waals surface area (Å²) in [4.78, 5) is 21.1. The van der Waals surface area contributed by atoms with Gasteiger partial charge in [0.05, 0.1) is 28.7 Å². The minimum atomic E-state index is -0.539. The first kappa shape index (κ1) is 15.2. The molecule has 0 heterocycles. The zero-order valence-electron chi connectivity index (χ0n) is 10.3. The number of nitrogens with one attached hydrogen (secondary N) is 1. The Bertz CT molecular complexity index is 481. The fraction of sp³-hybridized carbons (Fsp3) is 0.364. The number of likely N-dealkylation sites (N-methyl/N-ethyl adjacent to an activating group) is 1. The summed E-state index contributed by atoms with van der Waals surface area (Å²) in [6.45, 7) is 0.162. The summed E-state index contributed by atoms with van der Waals surface area (Å²) in [6.07, 6.45) is 0.338. The molecule has 0 fully saturated rings. The quantitative estimate of drug-likeness (QED) is 0.576. The Morgan fingerprint density at radius 3 is 2.84 bits per heavy atom. The van der Waals surface area contributed by atoms with Crippen LogP contribution < -0.4 is 15.8 Å². The third-order valence-electron chi connectivity index (χ3n) is 2.48. The second kappa shape index (κ2) is 6.91. The van der Waals surface area contributed by atoms with Gasteiger partial charge in [0.2, 0.25) is 5.91 Å². The minimum Gasteiger partial charge on any atom is -0.492 e. The van der Waals surface area contributed by atoms with E-state index >= 15 is 0 Å². The highest BCUT2D eigenvalue weighted by molar-refractivity contribution is 6.32. The van der Waals surface area contributed by atoms with E-state index in [0.29, 0.717) is 6.42 Å². The second-order valence-corrected chi connectivity index (χ2v) is 4.16. The van der Waals surface area contributed by atoms with Gasteiger partial charge in [0, 0.05) is 12.5 Å². The van der Waals surface area contributed by atoms with Crippen molar-refractivity contribution in [3.63, 3.8) is 0 Å². The number of hydrogen-bond donors (Lipinski definition) is 2. The van der Waals surface area contributed by atoms with Gasteiger partial charge in [-0.25, -0.2) is 0 Å². The molecule has 0 aliphatic heterocycles. The van der Waals surface area contributed by atoms with Crippen molar-refractivity contribution in [1.82, 2.24) is 5.32 Å². The Morgan fingerprint density at radius 1 is 1.63 bits per heavy atom. The van der Waals surface area contributed by atoms with Crippen molar-refractivity contribution >= 4 is 23.2 Å². The number of ether oxygens (including phenoxy) is 1. The highest BCUT2D eigenvalue weighted by atomic mass is 35.5. The Kier molecular flexibility index (Phi) is 5.53. The molecule has 0 aliphatic rings. The van der Waals surface area contributed by atoms with Crippen LogP contribution in [-0.2, 0) is 4.79 Å². The van der Waals surface area contributed by atoms with E-state index in [1.165, 1.54) is 18.2 Å². The van der Waals surface area contributed by atoms with Crippen LogP contribution in [0.25, 0.3) is 0 Å². The number of amides is 1. The van der Waals surface area contributed by atoms with Crippen molar-refractivity contribution in [3.05, 3.63) is 33.3 Å². The lowest BCUT2D eigenvalue weighted by Crippen LogP contribution is -2.40. The molecule has 0 aliphatic carbocycles. The smallest absolute Gasteiger partial charge is 0.273 e. The minimum absolute atomic E-state index is 0.112. The van der Waals surface area contributed by atoms with Crippen LogP contribution in [0.3, 0.4) is 0 Å². The fourth-order valence-electron chi connectivity index (χ4n) is 1.43. The van der Waals surface area contributed by atoms with Crippen LogP contribution >= 0.6 is 11.6 Å². The lowest BCUT2D eigenvalue weighted by atomic mass is 10.2. The van der Waals surface area contributed by atoms with E-state index < -0.39 is 16.9 Å². The third-order valence-corrected chi connectivity index (χ3v) is 2.79. The zero-order valence-corrected chi connectivity index (χ0v) is 11.0. The van der Waals surface area contributed by atoms with E-state index in [1.54, 1.807) is 7.05 Å². The molecule has 1 rings (SSSR count). The van der Waals surface area contributed by atoms with Gasteiger partial charge in [-0.2, -0.15) is 0 Å². The molecule has 8 heteroatoms. The van der Waals surface area contributed by atoms with Crippen LogP contribution in [0.2, 0.25) is 5.02 Å². The molecule has 0 saturated heterocycles. The number of halogens is 1. The molecule has 0 aromatic heterocycles. The van der Waals surface area contributed by atoms with E-state index in [0.717, 1.165) is 0 Å². The maximum absolute atomic E-state index is 11.0. The molecule has 0 saturated carbocycles. The SMILES string of the molecule is CNC(CCOc1cc([N+](=O)[O-])ccc1Cl)C(N)=O. The van der Waals surface area contributed by atoms with Gasteiger partial charge in [0.15, 0.2) is 0 Å². The van der Waals surface area contributed by atoms with Gasteiger partial charge >= 0.3 is 0 Å². The first-order valence-electron chi connectivity index (χ1n) is 5.49. The van der Waals surface area contributed by atoms with Crippen molar-refractivity contribution in [2.45, 2.75) is 12.5 Å². The fourth-order valence-corrected chi connectivity index (χ4v) is 1.60. The third kappa shape index (κ3) is 4.38. The van der Waals surface area contributed by atoms with Gasteiger partial charge in [-0.3, -0.25) is 14.9 Å². The molecule has 1 atom stereocenters. The summed E-state index contributed by atoms with van der Waals surface area (Å²) in [5.41, 5.74) is 5.04. The van der Waals surface area contributed by atoms with Crippen molar-refractivity contribution in [2.75, 3.05) is 13.7 Å². The van der Waals surface area contributed by atoms with Crippen molar-refractivity contribution < 1.29 is 14.5 Å². The Hall–Kier alpha value is -1.86. The largest absolute Gasteiger partial charge is 0.492 e. The summed E-state index contributed by atoms with van der Waals surface area (Å²) >= 11 is 5.86. The van der Waals surface area contributed by atoms with E-state index in [2.05, 4.69) is 5.32 Å². The molecule has 1 aromatic rings. The van der Waals surface area contributed by atoms with Crippen molar-refractivity contribution in [3.8, 4) is 5.75 Å². The summed E-state index contributed by atoms with van der Waals surface area (Å²) in [5, 5.41) is 13.6. The van der Waals surface area contributed by atoms with Gasteiger partial charge in [-0.05, 0) is 13.1 Å². The second-order valence-electron chi connectivity index (χ2n) is 3.75. The number of benzene rings is 1. The van der Waals surface area contributed by atoms with Crippen LogP contribution in [0.15, 0.2) is 18.2 Å². The number of nitrogens with zero attached hydrogens (tertiary/aromatic N) is 1. The predicted molar refractivity (Wildman–Crippen MR) is 70.3 cm³/mol. The number of non-ortho nitro benzene ring substituents is 1. The highest BCUT2D eigenvalue weighted by Gasteiger charge is 2.14. The topological polar surface area (TPSA) is 107 Å². The number of rotatable bonds is 7. The van der Waals surface area contributed by atoms with Crippen LogP contribution in [0.5, 0.6) is 5.75 Å². The molecular formula is C11H14ClN3O4. The monoisotopic (exact) mass is 287 g/mol. The summed E-state index contributed by atoms with van der Waals surface area (Å²) in [5.74, 6) is -0.286. The van der Waals surface area contributed by atoms with Crippen molar-refractivity contribution in [2.24, 2.45) is 5.73 Å². The maximum atomic E-state index is 11.0. The predicted octanol–water partition coefficient (Wildman–Crippen LogP) is 1.09. The zero-order chi connectivity index (χ0) is 14.4. The number of nitrogens with two attached hydrogens (primary N) is 1. The average molecular weight is 288 g/mol. The van der Waals surface area contributed by atoms with Crippen molar-refractivity contribution in [1.29, 1.82) is 0 Å². The number of hydrogen-bond acceptors (Lipinski definition) is 5. The number of nitro groups is 1. The summed E-state index contributed by atoms with van der Waals surface area (Å²) in [7, 11) is 1.61. The Labute approximate surface area is 114 Å². The van der Waals surface area contributed by atoms with Gasteiger partial charge in [0.1, 0.15) is 5.75 Å². The van der Waals surface area contributed by atoms with Gasteiger partial charge < -0.3 is 15.8 Å². The first-order valence-corrected chi connectivity index (χ1v) is 5.86. The molecule has 19 heavy (non-hydrogen) atoms. The van der Waals surface area contributed by atoms with Crippen LogP contribution in [0.4, 0.5) is 5.69 Å². The van der Waals surface area contributed by atoms with E-state index in [1.807, 2.05) is 0 Å². The average Bonchev–Trinajstić information content (AvgIpc) is 2.35. The molecule has 0 bridgehead atoms. The molecule has 104 valence electrons. The molecule has 1 amide bonds. The molecule has 0 spiro atoms. The lowest BCUT2D eigenvalue weighted by molar-refractivity contribution is -0.384. The number of primary amides is 1. The van der Waals surface area contributed by atoms with Gasteiger partial charge in [-0.1, -0.05) is 11.6 Å². The van der Waals surface area contributed by atoms with Gasteiger partial charge in [-0.15, -0.1) is 0 Å². The van der Waals surface area contributed by atoms with Crippen LogP contribution in [-0.4, -0.2) is 30.5 Å². The number of carbonyl (C=O) groups excluding carboxylic acids is 1.